The molecule has 7 heteroatoms. The molecule has 0 aromatic heterocycles. The summed E-state index contributed by atoms with van der Waals surface area (Å²) in [5, 5.41) is 6.09. The summed E-state index contributed by atoms with van der Waals surface area (Å²) in [6.07, 6.45) is 0.515. The molecule has 0 unspecified atom stereocenters. The van der Waals surface area contributed by atoms with Crippen molar-refractivity contribution < 1.29 is 17.9 Å². The van der Waals surface area contributed by atoms with E-state index in [-0.39, 0.29) is 23.5 Å². The first-order valence-electron chi connectivity index (χ1n) is 8.43. The number of methoxy groups -OCH3 is 1. The van der Waals surface area contributed by atoms with Crippen LogP contribution in [0.3, 0.4) is 0 Å². The van der Waals surface area contributed by atoms with E-state index in [0.29, 0.717) is 17.9 Å². The molecule has 0 bridgehead atoms. The molecule has 0 aliphatic carbocycles. The Morgan fingerprint density at radius 3 is 2.38 bits per heavy atom. The van der Waals surface area contributed by atoms with Crippen molar-refractivity contribution in [2.75, 3.05) is 23.9 Å². The molecule has 1 aliphatic heterocycles. The molecule has 138 valence electrons. The number of nitrogens with one attached hydrogen (secondary N) is 2. The molecule has 1 heterocycles. The second-order valence-electron chi connectivity index (χ2n) is 6.33. The van der Waals surface area contributed by atoms with Gasteiger partial charge in [-0.2, -0.15) is 0 Å². The molecule has 3 rings (SSSR count). The van der Waals surface area contributed by atoms with Gasteiger partial charge in [0.05, 0.1) is 18.6 Å². The quantitative estimate of drug-likeness (QED) is 0.809. The van der Waals surface area contributed by atoms with Crippen molar-refractivity contribution in [2.45, 2.75) is 18.5 Å². The third kappa shape index (κ3) is 4.62. The van der Waals surface area contributed by atoms with Crippen LogP contribution in [0.2, 0.25) is 0 Å². The fourth-order valence-electron chi connectivity index (χ4n) is 3.02. The zero-order chi connectivity index (χ0) is 18.6. The molecule has 2 aromatic carbocycles. The Kier molecular flexibility index (Phi) is 5.58. The number of hydrogen-bond donors (Lipinski definition) is 2. The predicted octanol–water partition coefficient (Wildman–Crippen LogP) is 2.15. The smallest absolute Gasteiger partial charge is 0.246 e. The lowest BCUT2D eigenvalue weighted by Crippen LogP contribution is -2.40. The normalized spacial score (nSPS) is 19.7. The number of carbonyl (C=O) groups is 1. The van der Waals surface area contributed by atoms with Crippen molar-refractivity contribution in [3.63, 3.8) is 0 Å². The summed E-state index contributed by atoms with van der Waals surface area (Å²) in [6.45, 7) is 0. The molecule has 1 fully saturated rings. The lowest BCUT2D eigenvalue weighted by Gasteiger charge is -2.22. The molecular weight excluding hydrogens is 352 g/mol. The monoisotopic (exact) mass is 374 g/mol. The summed E-state index contributed by atoms with van der Waals surface area (Å²) in [6, 6.07) is 15.5. The lowest BCUT2D eigenvalue weighted by molar-refractivity contribution is -0.118. The molecule has 1 saturated heterocycles. The molecule has 1 amide bonds. The largest absolute Gasteiger partial charge is 0.497 e. The van der Waals surface area contributed by atoms with Crippen LogP contribution in [-0.2, 0) is 14.6 Å². The number of carbonyl (C=O) groups excluding carboxylic acids is 1. The Balaban J connectivity index is 1.77. The summed E-state index contributed by atoms with van der Waals surface area (Å²) in [7, 11) is -1.44. The maximum Gasteiger partial charge on any atom is 0.246 e. The third-order valence-electron chi connectivity index (χ3n) is 4.39. The van der Waals surface area contributed by atoms with Crippen molar-refractivity contribution in [1.82, 2.24) is 5.32 Å². The third-order valence-corrected chi connectivity index (χ3v) is 6.16. The predicted molar refractivity (Wildman–Crippen MR) is 101 cm³/mol. The maximum absolute atomic E-state index is 12.9. The SMILES string of the molecule is COc1ccc(NC(=O)[C@H](N[C@@H]2CCS(=O)(=O)C2)c2ccccc2)cc1. The number of hydrogen-bond acceptors (Lipinski definition) is 5. The van der Waals surface area contributed by atoms with Crippen molar-refractivity contribution in [2.24, 2.45) is 0 Å². The summed E-state index contributed by atoms with van der Waals surface area (Å²) < 4.78 is 28.6. The zero-order valence-corrected chi connectivity index (χ0v) is 15.3. The highest BCUT2D eigenvalue weighted by molar-refractivity contribution is 7.91. The molecule has 0 saturated carbocycles. The number of anilines is 1. The number of ether oxygens (including phenoxy) is 1. The maximum atomic E-state index is 12.9. The molecular formula is C19H22N2O4S. The van der Waals surface area contributed by atoms with Gasteiger partial charge in [0.25, 0.3) is 0 Å². The molecule has 2 aromatic rings. The van der Waals surface area contributed by atoms with Crippen LogP contribution < -0.4 is 15.4 Å². The fourth-order valence-corrected chi connectivity index (χ4v) is 4.71. The van der Waals surface area contributed by atoms with Crippen LogP contribution in [0.5, 0.6) is 5.75 Å². The van der Waals surface area contributed by atoms with Crippen LogP contribution in [0.25, 0.3) is 0 Å². The van der Waals surface area contributed by atoms with Gasteiger partial charge in [0.1, 0.15) is 11.8 Å². The Morgan fingerprint density at radius 2 is 1.81 bits per heavy atom. The summed E-state index contributed by atoms with van der Waals surface area (Å²) in [5.41, 5.74) is 1.44. The van der Waals surface area contributed by atoms with E-state index in [1.807, 2.05) is 30.3 Å². The topological polar surface area (TPSA) is 84.5 Å². The summed E-state index contributed by atoms with van der Waals surface area (Å²) in [4.78, 5) is 12.9. The first-order chi connectivity index (χ1) is 12.5. The molecule has 26 heavy (non-hydrogen) atoms. The zero-order valence-electron chi connectivity index (χ0n) is 14.5. The minimum Gasteiger partial charge on any atom is -0.497 e. The Morgan fingerprint density at radius 1 is 1.12 bits per heavy atom. The van der Waals surface area contributed by atoms with E-state index in [2.05, 4.69) is 10.6 Å². The van der Waals surface area contributed by atoms with Gasteiger partial charge in [-0.25, -0.2) is 8.42 Å². The second kappa shape index (κ2) is 7.88. The van der Waals surface area contributed by atoms with Crippen molar-refractivity contribution >= 4 is 21.4 Å². The van der Waals surface area contributed by atoms with Gasteiger partial charge < -0.3 is 10.1 Å². The van der Waals surface area contributed by atoms with Gasteiger partial charge >= 0.3 is 0 Å². The van der Waals surface area contributed by atoms with Gasteiger partial charge in [-0.3, -0.25) is 10.1 Å². The fraction of sp³-hybridized carbons (Fsp3) is 0.316. The van der Waals surface area contributed by atoms with Gasteiger partial charge in [-0.05, 0) is 36.2 Å². The standard InChI is InChI=1S/C19H22N2O4S/c1-25-17-9-7-15(8-10-17)21-19(22)18(14-5-3-2-4-6-14)20-16-11-12-26(23,24)13-16/h2-10,16,18,20H,11-13H2,1H3,(H,21,22)/t16-,18-/m1/s1. The molecule has 6 nitrogen and oxygen atoms in total. The van der Waals surface area contributed by atoms with E-state index < -0.39 is 15.9 Å². The molecule has 2 atom stereocenters. The van der Waals surface area contributed by atoms with E-state index in [9.17, 15) is 13.2 Å². The summed E-state index contributed by atoms with van der Waals surface area (Å²) in [5.74, 6) is 0.695. The van der Waals surface area contributed by atoms with Crippen LogP contribution in [-0.4, -0.2) is 39.0 Å². The number of amides is 1. The van der Waals surface area contributed by atoms with E-state index >= 15 is 0 Å². The van der Waals surface area contributed by atoms with Crippen molar-refractivity contribution in [1.29, 1.82) is 0 Å². The van der Waals surface area contributed by atoms with Gasteiger partial charge in [0, 0.05) is 11.7 Å². The Bertz CT molecular complexity index is 851. The molecule has 0 radical (unpaired) electrons. The minimum absolute atomic E-state index is 0.0617. The highest BCUT2D eigenvalue weighted by Crippen LogP contribution is 2.21. The lowest BCUT2D eigenvalue weighted by atomic mass is 10.0. The molecule has 2 N–H and O–H groups in total. The van der Waals surface area contributed by atoms with Crippen molar-refractivity contribution in [3.8, 4) is 5.75 Å². The van der Waals surface area contributed by atoms with Gasteiger partial charge in [-0.1, -0.05) is 30.3 Å². The van der Waals surface area contributed by atoms with E-state index in [4.69, 9.17) is 4.74 Å². The average Bonchev–Trinajstić information content (AvgIpc) is 2.99. The average molecular weight is 374 g/mol. The van der Waals surface area contributed by atoms with Gasteiger partial charge in [0.15, 0.2) is 9.84 Å². The first kappa shape index (κ1) is 18.4. The van der Waals surface area contributed by atoms with E-state index in [1.54, 1.807) is 31.4 Å². The highest BCUT2D eigenvalue weighted by atomic mass is 32.2. The van der Waals surface area contributed by atoms with E-state index in [1.165, 1.54) is 0 Å². The highest BCUT2D eigenvalue weighted by Gasteiger charge is 2.32. The minimum atomic E-state index is -3.02. The molecule has 1 aliphatic rings. The second-order valence-corrected chi connectivity index (χ2v) is 8.56. The first-order valence-corrected chi connectivity index (χ1v) is 10.3. The van der Waals surface area contributed by atoms with Crippen LogP contribution >= 0.6 is 0 Å². The van der Waals surface area contributed by atoms with Crippen LogP contribution in [0.4, 0.5) is 5.69 Å². The summed E-state index contributed by atoms with van der Waals surface area (Å²) >= 11 is 0. The van der Waals surface area contributed by atoms with Crippen LogP contribution in [0.15, 0.2) is 54.6 Å². The number of benzene rings is 2. The Labute approximate surface area is 153 Å². The van der Waals surface area contributed by atoms with Gasteiger partial charge in [0.2, 0.25) is 5.91 Å². The van der Waals surface area contributed by atoms with Crippen LogP contribution in [0, 0.1) is 0 Å². The van der Waals surface area contributed by atoms with E-state index in [0.717, 1.165) is 5.56 Å². The Hall–Kier alpha value is -2.38. The molecule has 0 spiro atoms. The van der Waals surface area contributed by atoms with Gasteiger partial charge in [-0.15, -0.1) is 0 Å². The number of sulfone groups is 1. The number of rotatable bonds is 6. The van der Waals surface area contributed by atoms with Crippen LogP contribution in [0.1, 0.15) is 18.0 Å². The van der Waals surface area contributed by atoms with Crippen molar-refractivity contribution in [3.05, 3.63) is 60.2 Å².